The smallest absolute Gasteiger partial charge is 0.242 e. The number of carbonyl (C=O) groups is 1. The number of fused-ring (bicyclic) bond motifs is 3. The molecule has 0 radical (unpaired) electrons. The van der Waals surface area contributed by atoms with E-state index in [-0.39, 0.29) is 11.9 Å². The molecule has 1 saturated heterocycles. The Balaban J connectivity index is 1.66. The van der Waals surface area contributed by atoms with Gasteiger partial charge in [0.2, 0.25) is 11.9 Å². The molecule has 1 atom stereocenters. The molecule has 1 aliphatic rings. The van der Waals surface area contributed by atoms with Crippen LogP contribution in [0.15, 0.2) is 42.5 Å². The summed E-state index contributed by atoms with van der Waals surface area (Å²) in [5.74, 6) is 2.26. The third-order valence-corrected chi connectivity index (χ3v) is 6.15. The lowest BCUT2D eigenvalue weighted by Gasteiger charge is -2.17. The van der Waals surface area contributed by atoms with Crippen molar-refractivity contribution < 1.29 is 9.53 Å². The monoisotopic (exact) mass is 444 g/mol. The number of benzene rings is 2. The van der Waals surface area contributed by atoms with E-state index in [0.29, 0.717) is 29.9 Å². The summed E-state index contributed by atoms with van der Waals surface area (Å²) in [6.07, 6.45) is 2.70. The van der Waals surface area contributed by atoms with Crippen LogP contribution < -0.4 is 15.4 Å². The first-order valence-electron chi connectivity index (χ1n) is 11.4. The second-order valence-corrected chi connectivity index (χ2v) is 8.75. The standard InChI is InChI=1S/C25H28N6O2/c1-15(2)17-9-12-20-19(14-17)23-29-22(16-7-10-18(33-3)11-8-16)30-31(23)25(27-20)28-21-6-4-5-13-26-24(21)32/h7-12,14-15,21H,4-6,13H2,1-3H3,(H,26,32)(H,27,28)/t21-/m1/s1. The largest absolute Gasteiger partial charge is 0.497 e. The molecule has 4 aromatic rings. The number of amides is 1. The van der Waals surface area contributed by atoms with E-state index >= 15 is 0 Å². The van der Waals surface area contributed by atoms with Crippen molar-refractivity contribution in [3.05, 3.63) is 48.0 Å². The van der Waals surface area contributed by atoms with Gasteiger partial charge in [0.15, 0.2) is 11.5 Å². The van der Waals surface area contributed by atoms with Crippen molar-refractivity contribution in [1.82, 2.24) is 24.9 Å². The minimum Gasteiger partial charge on any atom is -0.497 e. The highest BCUT2D eigenvalue weighted by Gasteiger charge is 2.23. The number of anilines is 1. The summed E-state index contributed by atoms with van der Waals surface area (Å²) in [6, 6.07) is 13.6. The highest BCUT2D eigenvalue weighted by molar-refractivity contribution is 5.94. The molecule has 0 spiro atoms. The van der Waals surface area contributed by atoms with Gasteiger partial charge < -0.3 is 15.4 Å². The predicted molar refractivity (Wildman–Crippen MR) is 129 cm³/mol. The first kappa shape index (κ1) is 21.2. The molecule has 1 fully saturated rings. The van der Waals surface area contributed by atoms with Gasteiger partial charge in [0.05, 0.1) is 12.6 Å². The summed E-state index contributed by atoms with van der Waals surface area (Å²) in [7, 11) is 1.64. The van der Waals surface area contributed by atoms with Gasteiger partial charge in [-0.05, 0) is 67.1 Å². The Labute approximate surface area is 192 Å². The molecule has 5 rings (SSSR count). The van der Waals surface area contributed by atoms with Crippen LogP contribution in [0.5, 0.6) is 5.75 Å². The molecular formula is C25H28N6O2. The van der Waals surface area contributed by atoms with E-state index in [1.54, 1.807) is 11.6 Å². The zero-order valence-corrected chi connectivity index (χ0v) is 19.1. The summed E-state index contributed by atoms with van der Waals surface area (Å²) >= 11 is 0. The van der Waals surface area contributed by atoms with Gasteiger partial charge in [0, 0.05) is 17.5 Å². The van der Waals surface area contributed by atoms with Crippen LogP contribution in [0.1, 0.15) is 44.6 Å². The summed E-state index contributed by atoms with van der Waals surface area (Å²) in [6.45, 7) is 5.04. The maximum absolute atomic E-state index is 12.6. The molecule has 33 heavy (non-hydrogen) atoms. The molecule has 0 unspecified atom stereocenters. The third kappa shape index (κ3) is 4.08. The van der Waals surface area contributed by atoms with E-state index in [2.05, 4.69) is 36.6 Å². The number of methoxy groups -OCH3 is 1. The number of rotatable bonds is 5. The number of hydrogen-bond donors (Lipinski definition) is 2. The van der Waals surface area contributed by atoms with Gasteiger partial charge >= 0.3 is 0 Å². The maximum Gasteiger partial charge on any atom is 0.242 e. The molecule has 8 nitrogen and oxygen atoms in total. The minimum atomic E-state index is -0.357. The summed E-state index contributed by atoms with van der Waals surface area (Å²) < 4.78 is 7.00. The highest BCUT2D eigenvalue weighted by Crippen LogP contribution is 2.28. The number of nitrogens with zero attached hydrogens (tertiary/aromatic N) is 4. The lowest BCUT2D eigenvalue weighted by atomic mass is 10.0. The van der Waals surface area contributed by atoms with Crippen LogP contribution >= 0.6 is 0 Å². The molecule has 2 aromatic carbocycles. The molecule has 2 aromatic heterocycles. The molecule has 3 heterocycles. The van der Waals surface area contributed by atoms with Gasteiger partial charge in [-0.25, -0.2) is 9.97 Å². The van der Waals surface area contributed by atoms with Crippen molar-refractivity contribution in [1.29, 1.82) is 0 Å². The van der Waals surface area contributed by atoms with E-state index in [0.717, 1.165) is 41.5 Å². The molecule has 0 saturated carbocycles. The van der Waals surface area contributed by atoms with Crippen molar-refractivity contribution in [2.75, 3.05) is 19.0 Å². The van der Waals surface area contributed by atoms with Crippen LogP contribution in [-0.2, 0) is 4.79 Å². The van der Waals surface area contributed by atoms with Crippen molar-refractivity contribution in [2.24, 2.45) is 0 Å². The Kier molecular flexibility index (Phi) is 5.58. The van der Waals surface area contributed by atoms with E-state index in [9.17, 15) is 4.79 Å². The van der Waals surface area contributed by atoms with Crippen LogP contribution in [0, 0.1) is 0 Å². The van der Waals surface area contributed by atoms with Gasteiger partial charge in [-0.15, -0.1) is 5.10 Å². The van der Waals surface area contributed by atoms with Gasteiger partial charge in [-0.2, -0.15) is 4.52 Å². The average Bonchev–Trinajstić information content (AvgIpc) is 3.19. The minimum absolute atomic E-state index is 0.00630. The molecular weight excluding hydrogens is 416 g/mol. The lowest BCUT2D eigenvalue weighted by Crippen LogP contribution is -2.38. The lowest BCUT2D eigenvalue weighted by molar-refractivity contribution is -0.121. The van der Waals surface area contributed by atoms with Crippen LogP contribution in [-0.4, -0.2) is 45.2 Å². The first-order chi connectivity index (χ1) is 16.0. The Morgan fingerprint density at radius 3 is 2.70 bits per heavy atom. The maximum atomic E-state index is 12.6. The van der Waals surface area contributed by atoms with Crippen LogP contribution in [0.2, 0.25) is 0 Å². The van der Waals surface area contributed by atoms with Crippen molar-refractivity contribution >= 4 is 28.4 Å². The molecule has 0 bridgehead atoms. The topological polar surface area (TPSA) is 93.4 Å². The van der Waals surface area contributed by atoms with Crippen molar-refractivity contribution in [3.8, 4) is 17.1 Å². The number of nitrogens with one attached hydrogen (secondary N) is 2. The highest BCUT2D eigenvalue weighted by atomic mass is 16.5. The van der Waals surface area contributed by atoms with Crippen LogP contribution in [0.4, 0.5) is 5.95 Å². The Morgan fingerprint density at radius 1 is 1.12 bits per heavy atom. The molecule has 8 heteroatoms. The van der Waals surface area contributed by atoms with E-state index < -0.39 is 0 Å². The van der Waals surface area contributed by atoms with Crippen molar-refractivity contribution in [3.63, 3.8) is 0 Å². The van der Waals surface area contributed by atoms with Gasteiger partial charge in [0.25, 0.3) is 0 Å². The Hall–Kier alpha value is -3.68. The zero-order chi connectivity index (χ0) is 22.9. The Bertz CT molecular complexity index is 1310. The average molecular weight is 445 g/mol. The summed E-state index contributed by atoms with van der Waals surface area (Å²) in [5.41, 5.74) is 3.62. The molecule has 1 amide bonds. The van der Waals surface area contributed by atoms with Gasteiger partial charge in [0.1, 0.15) is 11.8 Å². The number of carbonyl (C=O) groups excluding carboxylic acids is 1. The van der Waals surface area contributed by atoms with Gasteiger partial charge in [-0.1, -0.05) is 19.9 Å². The van der Waals surface area contributed by atoms with Crippen molar-refractivity contribution in [2.45, 2.75) is 45.1 Å². The van der Waals surface area contributed by atoms with E-state index in [4.69, 9.17) is 19.8 Å². The zero-order valence-electron chi connectivity index (χ0n) is 19.1. The van der Waals surface area contributed by atoms with E-state index in [1.807, 2.05) is 30.3 Å². The quantitative estimate of drug-likeness (QED) is 0.480. The second-order valence-electron chi connectivity index (χ2n) is 8.75. The number of aromatic nitrogens is 4. The normalized spacial score (nSPS) is 16.7. The number of ether oxygens (including phenoxy) is 1. The van der Waals surface area contributed by atoms with Gasteiger partial charge in [-0.3, -0.25) is 4.79 Å². The SMILES string of the molecule is COc1ccc(-c2nc3c4cc(C(C)C)ccc4nc(N[C@@H]4CCCCNC4=O)n3n2)cc1. The molecule has 1 aliphatic heterocycles. The number of hydrogen-bond acceptors (Lipinski definition) is 6. The van der Waals surface area contributed by atoms with Crippen LogP contribution in [0.25, 0.3) is 27.9 Å². The Morgan fingerprint density at radius 2 is 1.94 bits per heavy atom. The summed E-state index contributed by atoms with van der Waals surface area (Å²) in [4.78, 5) is 22.3. The summed E-state index contributed by atoms with van der Waals surface area (Å²) in [5, 5.41) is 12.0. The molecule has 2 N–H and O–H groups in total. The third-order valence-electron chi connectivity index (χ3n) is 6.15. The predicted octanol–water partition coefficient (Wildman–Crippen LogP) is 4.16. The fraction of sp³-hybridized carbons (Fsp3) is 0.360. The fourth-order valence-electron chi connectivity index (χ4n) is 4.17. The van der Waals surface area contributed by atoms with Crippen LogP contribution in [0.3, 0.4) is 0 Å². The second kappa shape index (κ2) is 8.69. The van der Waals surface area contributed by atoms with E-state index in [1.165, 1.54) is 5.56 Å². The fourth-order valence-corrected chi connectivity index (χ4v) is 4.17. The molecule has 170 valence electrons. The molecule has 0 aliphatic carbocycles. The first-order valence-corrected chi connectivity index (χ1v) is 11.4.